The maximum atomic E-state index is 13.4. The van der Waals surface area contributed by atoms with E-state index in [9.17, 15) is 39.0 Å². The van der Waals surface area contributed by atoms with Gasteiger partial charge in [0.1, 0.15) is 0 Å². The van der Waals surface area contributed by atoms with Crippen LogP contribution in [0.3, 0.4) is 0 Å². The van der Waals surface area contributed by atoms with Crippen LogP contribution in [0.15, 0.2) is 36.5 Å². The van der Waals surface area contributed by atoms with Crippen LogP contribution in [0, 0.1) is 17.8 Å². The molecule has 0 aromatic heterocycles. The van der Waals surface area contributed by atoms with Crippen molar-refractivity contribution in [2.75, 3.05) is 0 Å². The maximum Gasteiger partial charge on any atom is 0.321 e. The lowest BCUT2D eigenvalue weighted by atomic mass is 10.0. The molecule has 0 bridgehead atoms. The number of unbranched alkanes of at least 4 members (excludes halogenated alkanes) is 27. The Labute approximate surface area is 370 Å². The molecule has 3 unspecified atom stereocenters. The number of carbonyl (C=O) groups is 6. The Morgan fingerprint density at radius 2 is 0.607 bits per heavy atom. The van der Waals surface area contributed by atoms with Crippen molar-refractivity contribution in [3.05, 3.63) is 36.5 Å². The number of esters is 4. The molecule has 0 aliphatic carbocycles. The molecule has 0 aromatic carbocycles. The highest BCUT2D eigenvalue weighted by molar-refractivity contribution is 5.94. The van der Waals surface area contributed by atoms with Gasteiger partial charge in [-0.05, 0) is 38.5 Å². The topological polar surface area (TPSA) is 161 Å². The number of ether oxygens (including phenoxy) is 2. The van der Waals surface area contributed by atoms with Crippen LogP contribution in [0.1, 0.15) is 233 Å². The lowest BCUT2D eigenvalue weighted by molar-refractivity contribution is -0.169. The zero-order valence-corrected chi connectivity index (χ0v) is 38.7. The molecular formula is C51H86O10. The molecule has 0 aliphatic rings. The van der Waals surface area contributed by atoms with Gasteiger partial charge >= 0.3 is 35.8 Å². The van der Waals surface area contributed by atoms with Crippen molar-refractivity contribution in [2.24, 2.45) is 17.8 Å². The van der Waals surface area contributed by atoms with Crippen molar-refractivity contribution < 1.29 is 48.5 Å². The van der Waals surface area contributed by atoms with E-state index < -0.39 is 72.8 Å². The number of carbonyl (C=O) groups excluding carboxylic acids is 4. The Morgan fingerprint density at radius 3 is 0.885 bits per heavy atom. The first-order valence-electron chi connectivity index (χ1n) is 24.5. The fourth-order valence-electron chi connectivity index (χ4n) is 7.23. The van der Waals surface area contributed by atoms with Crippen LogP contribution >= 0.6 is 0 Å². The number of carboxylic acids is 2. The van der Waals surface area contributed by atoms with E-state index in [1.165, 1.54) is 127 Å². The third-order valence-corrected chi connectivity index (χ3v) is 11.0. The van der Waals surface area contributed by atoms with Gasteiger partial charge in [-0.3, -0.25) is 28.8 Å². The van der Waals surface area contributed by atoms with Gasteiger partial charge in [0, 0.05) is 0 Å². The average molecular weight is 859 g/mol. The monoisotopic (exact) mass is 859 g/mol. The number of rotatable bonds is 42. The SMILES string of the molecule is CCCCCCCCCCC=CC(CC(=O)O)C(=O)OC(=O)CC(C=CCCCCCCCCCCCCC)C(=O)OC(=O)C(C=CCCCCCCCCCC)CC(=O)O. The summed E-state index contributed by atoms with van der Waals surface area (Å²) in [7, 11) is 0. The molecule has 2 N–H and O–H groups in total. The number of hydrogen-bond acceptors (Lipinski definition) is 8. The third-order valence-electron chi connectivity index (χ3n) is 11.0. The maximum absolute atomic E-state index is 13.4. The summed E-state index contributed by atoms with van der Waals surface area (Å²) >= 11 is 0. The molecule has 0 rings (SSSR count). The number of carboxylic acid groups (broad SMARTS) is 2. The molecule has 0 heterocycles. The van der Waals surface area contributed by atoms with Gasteiger partial charge in [-0.25, -0.2) is 0 Å². The van der Waals surface area contributed by atoms with Gasteiger partial charge in [-0.1, -0.05) is 211 Å². The van der Waals surface area contributed by atoms with E-state index in [2.05, 4.69) is 20.8 Å². The van der Waals surface area contributed by atoms with Crippen molar-refractivity contribution in [2.45, 2.75) is 233 Å². The van der Waals surface area contributed by atoms with Crippen LogP contribution in [0.5, 0.6) is 0 Å². The van der Waals surface area contributed by atoms with E-state index >= 15 is 0 Å². The average Bonchev–Trinajstić information content (AvgIpc) is 3.22. The fourth-order valence-corrected chi connectivity index (χ4v) is 7.23. The van der Waals surface area contributed by atoms with E-state index in [-0.39, 0.29) is 0 Å². The van der Waals surface area contributed by atoms with E-state index in [4.69, 9.17) is 9.47 Å². The molecule has 0 saturated heterocycles. The normalized spacial score (nSPS) is 13.2. The lowest BCUT2D eigenvalue weighted by Gasteiger charge is -2.15. The summed E-state index contributed by atoms with van der Waals surface area (Å²) in [5.41, 5.74) is 0. The standard InChI is InChI=1S/C51H86O10/c1-4-7-10-13-16-19-22-23-24-27-30-33-36-39-45(51(59)61-50(58)44(41-47(54)55)38-35-32-29-26-21-18-15-12-9-6-3)42-48(56)60-49(57)43(40-46(52)53)37-34-31-28-25-20-17-14-11-8-5-2/h34-39,43-45H,4-33,40-42H2,1-3H3,(H,52,53)(H,54,55). The Balaban J connectivity index is 5.48. The minimum atomic E-state index is -1.28. The zero-order valence-electron chi connectivity index (χ0n) is 38.7. The molecule has 10 heteroatoms. The smallest absolute Gasteiger partial charge is 0.321 e. The number of allylic oxidation sites excluding steroid dienone is 3. The van der Waals surface area contributed by atoms with Crippen LogP contribution in [-0.4, -0.2) is 46.0 Å². The largest absolute Gasteiger partial charge is 0.481 e. The van der Waals surface area contributed by atoms with Crippen LogP contribution < -0.4 is 0 Å². The molecule has 10 nitrogen and oxygen atoms in total. The van der Waals surface area contributed by atoms with Crippen molar-refractivity contribution in [1.82, 2.24) is 0 Å². The molecule has 0 amide bonds. The van der Waals surface area contributed by atoms with Gasteiger partial charge < -0.3 is 19.7 Å². The quantitative estimate of drug-likeness (QED) is 0.0261. The fraction of sp³-hybridized carbons (Fsp3) is 0.765. The molecule has 0 spiro atoms. The number of hydrogen-bond donors (Lipinski definition) is 2. The Hall–Kier alpha value is -3.56. The summed E-state index contributed by atoms with van der Waals surface area (Å²) in [6.45, 7) is 6.59. The highest BCUT2D eigenvalue weighted by Gasteiger charge is 2.30. The van der Waals surface area contributed by atoms with Crippen LogP contribution in [-0.2, 0) is 38.2 Å². The van der Waals surface area contributed by atoms with E-state index in [1.807, 2.05) is 0 Å². The van der Waals surface area contributed by atoms with Gasteiger partial charge in [0.15, 0.2) is 0 Å². The van der Waals surface area contributed by atoms with Crippen molar-refractivity contribution >= 4 is 35.8 Å². The molecule has 0 aromatic rings. The molecule has 350 valence electrons. The highest BCUT2D eigenvalue weighted by atomic mass is 16.6. The second kappa shape index (κ2) is 41.8. The second-order valence-electron chi connectivity index (χ2n) is 16.9. The van der Waals surface area contributed by atoms with Crippen LogP contribution in [0.25, 0.3) is 0 Å². The predicted molar refractivity (Wildman–Crippen MR) is 245 cm³/mol. The first-order valence-corrected chi connectivity index (χ1v) is 24.5. The van der Waals surface area contributed by atoms with Gasteiger partial charge in [0.05, 0.1) is 37.0 Å². The van der Waals surface area contributed by atoms with E-state index in [0.717, 1.165) is 64.2 Å². The van der Waals surface area contributed by atoms with Crippen LogP contribution in [0.4, 0.5) is 0 Å². The minimum Gasteiger partial charge on any atom is -0.481 e. The molecule has 0 radical (unpaired) electrons. The Bertz CT molecular complexity index is 1250. The minimum absolute atomic E-state index is 0.559. The molecule has 3 atom stereocenters. The molecule has 0 aliphatic heterocycles. The lowest BCUT2D eigenvalue weighted by Crippen LogP contribution is -2.29. The first kappa shape index (κ1) is 57.4. The summed E-state index contributed by atoms with van der Waals surface area (Å²) in [4.78, 5) is 75.9. The van der Waals surface area contributed by atoms with E-state index in [1.54, 1.807) is 18.2 Å². The summed E-state index contributed by atoms with van der Waals surface area (Å²) in [5.74, 6) is -10.3. The van der Waals surface area contributed by atoms with Gasteiger partial charge in [0.2, 0.25) is 0 Å². The van der Waals surface area contributed by atoms with E-state index in [0.29, 0.717) is 19.3 Å². The Morgan fingerprint density at radius 1 is 0.361 bits per heavy atom. The van der Waals surface area contributed by atoms with Gasteiger partial charge in [-0.15, -0.1) is 0 Å². The first-order chi connectivity index (χ1) is 29.5. The summed E-state index contributed by atoms with van der Waals surface area (Å²) in [6.07, 6.45) is 41.1. The van der Waals surface area contributed by atoms with Gasteiger partial charge in [-0.2, -0.15) is 0 Å². The highest BCUT2D eigenvalue weighted by Crippen LogP contribution is 2.19. The van der Waals surface area contributed by atoms with Crippen molar-refractivity contribution in [1.29, 1.82) is 0 Å². The summed E-state index contributed by atoms with van der Waals surface area (Å²) < 4.78 is 10.3. The third kappa shape index (κ3) is 36.8. The zero-order chi connectivity index (χ0) is 45.2. The predicted octanol–water partition coefficient (Wildman–Crippen LogP) is 13.7. The molecule has 0 saturated carbocycles. The second-order valence-corrected chi connectivity index (χ2v) is 16.9. The van der Waals surface area contributed by atoms with Gasteiger partial charge in [0.25, 0.3) is 0 Å². The van der Waals surface area contributed by atoms with Crippen molar-refractivity contribution in [3.8, 4) is 0 Å². The molecule has 0 fully saturated rings. The molecule has 61 heavy (non-hydrogen) atoms. The summed E-state index contributed by atoms with van der Waals surface area (Å²) in [5, 5.41) is 18.9. The van der Waals surface area contributed by atoms with Crippen LogP contribution in [0.2, 0.25) is 0 Å². The Kier molecular flexibility index (Phi) is 39.3. The number of aliphatic carboxylic acids is 2. The molecular weight excluding hydrogens is 773 g/mol. The van der Waals surface area contributed by atoms with Crippen molar-refractivity contribution in [3.63, 3.8) is 0 Å². The summed E-state index contributed by atoms with van der Waals surface area (Å²) in [6, 6.07) is 0.